The summed E-state index contributed by atoms with van der Waals surface area (Å²) >= 11 is 0. The van der Waals surface area contributed by atoms with E-state index < -0.39 is 0 Å². The first kappa shape index (κ1) is 21.4. The minimum absolute atomic E-state index is 0.147. The van der Waals surface area contributed by atoms with E-state index in [9.17, 15) is 9.59 Å². The zero-order valence-corrected chi connectivity index (χ0v) is 14.5. The van der Waals surface area contributed by atoms with Crippen LogP contribution in [-0.4, -0.2) is 37.9 Å². The second kappa shape index (κ2) is 14.0. The Hall–Kier alpha value is -1.62. The van der Waals surface area contributed by atoms with Crippen molar-refractivity contribution in [1.82, 2.24) is 0 Å². The molecule has 0 saturated carbocycles. The average Bonchev–Trinajstić information content (AvgIpc) is 3.36. The number of carbonyl (C=O) groups excluding carboxylic acids is 2. The third-order valence-corrected chi connectivity index (χ3v) is 3.06. The van der Waals surface area contributed by atoms with Crippen molar-refractivity contribution in [2.24, 2.45) is 0 Å². The first-order chi connectivity index (χ1) is 11.0. The van der Waals surface area contributed by atoms with Crippen molar-refractivity contribution in [3.8, 4) is 0 Å². The molecule has 1 rings (SSSR count). The molecule has 1 aliphatic rings. The Morgan fingerprint density at radius 1 is 1.17 bits per heavy atom. The zero-order valence-electron chi connectivity index (χ0n) is 14.5. The van der Waals surface area contributed by atoms with Gasteiger partial charge in [-0.1, -0.05) is 52.2 Å². The van der Waals surface area contributed by atoms with Crippen LogP contribution in [0.15, 0.2) is 24.8 Å². The molecule has 5 heteroatoms. The van der Waals surface area contributed by atoms with Crippen LogP contribution in [0.3, 0.4) is 0 Å². The number of carbonyl (C=O) groups is 2. The Labute approximate surface area is 139 Å². The molecule has 132 valence electrons. The van der Waals surface area contributed by atoms with Crippen molar-refractivity contribution >= 4 is 11.9 Å². The number of esters is 2. The topological polar surface area (TPSA) is 65.1 Å². The van der Waals surface area contributed by atoms with Gasteiger partial charge in [-0.3, -0.25) is 0 Å². The number of unbranched alkanes of at least 4 members (excludes halogenated alkanes) is 5. The fraction of sp³-hybridized carbons (Fsp3) is 0.667. The molecule has 5 nitrogen and oxygen atoms in total. The minimum atomic E-state index is -0.384. The van der Waals surface area contributed by atoms with Crippen LogP contribution in [0.25, 0.3) is 0 Å². The molecule has 0 radical (unpaired) electrons. The van der Waals surface area contributed by atoms with Crippen LogP contribution in [0, 0.1) is 0 Å². The molecule has 0 aromatic heterocycles. The largest absolute Gasteiger partial charge is 0.462 e. The third kappa shape index (κ3) is 15.1. The summed E-state index contributed by atoms with van der Waals surface area (Å²) in [5, 5.41) is 0. The van der Waals surface area contributed by atoms with E-state index in [0.29, 0.717) is 25.4 Å². The normalized spacial score (nSPS) is 15.0. The van der Waals surface area contributed by atoms with Crippen LogP contribution in [-0.2, 0) is 23.8 Å². The predicted octanol–water partition coefficient (Wildman–Crippen LogP) is 3.58. The smallest absolute Gasteiger partial charge is 0.333 e. The Morgan fingerprint density at radius 2 is 1.78 bits per heavy atom. The van der Waals surface area contributed by atoms with Crippen LogP contribution < -0.4 is 0 Å². The molecule has 1 heterocycles. The Balaban J connectivity index is 0.000000459. The third-order valence-electron chi connectivity index (χ3n) is 3.06. The maximum atomic E-state index is 11.0. The van der Waals surface area contributed by atoms with Gasteiger partial charge in [0, 0.05) is 11.6 Å². The standard InChI is InChI=1S/C12H22O2.C6H8O3/c1-4-5-6-7-8-9-10-14-12(13)11(2)3;1-2-6(7)9-4-5-3-8-5/h2,4-10H2,1,3H3;2,5H,1,3-4H2. The SMILES string of the molecule is C=C(C)C(=O)OCCCCCCCC.C=CC(=O)OCC1CO1. The number of rotatable bonds is 11. The molecule has 1 unspecified atom stereocenters. The van der Waals surface area contributed by atoms with Crippen molar-refractivity contribution < 1.29 is 23.8 Å². The summed E-state index contributed by atoms with van der Waals surface area (Å²) in [7, 11) is 0. The molecule has 23 heavy (non-hydrogen) atoms. The summed E-state index contributed by atoms with van der Waals surface area (Å²) in [6, 6.07) is 0. The molecule has 0 spiro atoms. The molecule has 0 aliphatic carbocycles. The monoisotopic (exact) mass is 326 g/mol. The van der Waals surface area contributed by atoms with Crippen LogP contribution in [0.1, 0.15) is 52.4 Å². The van der Waals surface area contributed by atoms with Crippen molar-refractivity contribution in [1.29, 1.82) is 0 Å². The lowest BCUT2D eigenvalue weighted by molar-refractivity contribution is -0.139. The highest BCUT2D eigenvalue weighted by Crippen LogP contribution is 2.08. The molecule has 0 N–H and O–H groups in total. The predicted molar refractivity (Wildman–Crippen MR) is 90.0 cm³/mol. The lowest BCUT2D eigenvalue weighted by Crippen LogP contribution is -2.06. The number of hydrogen-bond acceptors (Lipinski definition) is 5. The van der Waals surface area contributed by atoms with E-state index in [0.717, 1.165) is 18.9 Å². The maximum Gasteiger partial charge on any atom is 0.333 e. The summed E-state index contributed by atoms with van der Waals surface area (Å²) in [5.74, 6) is -0.649. The highest BCUT2D eigenvalue weighted by atomic mass is 16.6. The van der Waals surface area contributed by atoms with Gasteiger partial charge >= 0.3 is 11.9 Å². The van der Waals surface area contributed by atoms with Gasteiger partial charge in [0.2, 0.25) is 0 Å². The van der Waals surface area contributed by atoms with Crippen molar-refractivity contribution in [3.63, 3.8) is 0 Å². The summed E-state index contributed by atoms with van der Waals surface area (Å²) in [5.41, 5.74) is 0.482. The number of ether oxygens (including phenoxy) is 3. The van der Waals surface area contributed by atoms with E-state index >= 15 is 0 Å². The highest BCUT2D eigenvalue weighted by molar-refractivity contribution is 5.86. The maximum absolute atomic E-state index is 11.0. The van der Waals surface area contributed by atoms with Gasteiger partial charge in [-0.2, -0.15) is 0 Å². The molecule has 0 amide bonds. The van der Waals surface area contributed by atoms with Gasteiger partial charge < -0.3 is 14.2 Å². The van der Waals surface area contributed by atoms with Crippen molar-refractivity contribution in [3.05, 3.63) is 24.8 Å². The van der Waals surface area contributed by atoms with Crippen LogP contribution in [0.4, 0.5) is 0 Å². The van der Waals surface area contributed by atoms with Crippen molar-refractivity contribution in [2.75, 3.05) is 19.8 Å². The van der Waals surface area contributed by atoms with Crippen LogP contribution >= 0.6 is 0 Å². The molecular weight excluding hydrogens is 296 g/mol. The first-order valence-corrected chi connectivity index (χ1v) is 8.24. The summed E-state index contributed by atoms with van der Waals surface area (Å²) in [6.45, 7) is 12.3. The molecule has 1 aliphatic heterocycles. The van der Waals surface area contributed by atoms with Gasteiger partial charge in [0.1, 0.15) is 12.7 Å². The number of epoxide rings is 1. The Bertz CT molecular complexity index is 372. The van der Waals surface area contributed by atoms with Gasteiger partial charge in [-0.25, -0.2) is 9.59 Å². The van der Waals surface area contributed by atoms with Gasteiger partial charge in [0.15, 0.2) is 0 Å². The van der Waals surface area contributed by atoms with E-state index in [1.54, 1.807) is 6.92 Å². The van der Waals surface area contributed by atoms with Gasteiger partial charge in [0.05, 0.1) is 13.2 Å². The quantitative estimate of drug-likeness (QED) is 0.251. The fourth-order valence-corrected chi connectivity index (χ4v) is 1.57. The number of hydrogen-bond donors (Lipinski definition) is 0. The molecule has 1 saturated heterocycles. The van der Waals surface area contributed by atoms with E-state index in [1.165, 1.54) is 25.7 Å². The Morgan fingerprint density at radius 3 is 2.30 bits per heavy atom. The van der Waals surface area contributed by atoms with Crippen LogP contribution in [0.2, 0.25) is 0 Å². The summed E-state index contributed by atoms with van der Waals surface area (Å²) in [4.78, 5) is 21.3. The molecule has 0 bridgehead atoms. The molecule has 0 aromatic carbocycles. The lowest BCUT2D eigenvalue weighted by Gasteiger charge is -2.03. The highest BCUT2D eigenvalue weighted by Gasteiger charge is 2.23. The van der Waals surface area contributed by atoms with Crippen molar-refractivity contribution in [2.45, 2.75) is 58.5 Å². The minimum Gasteiger partial charge on any atom is -0.462 e. The van der Waals surface area contributed by atoms with Gasteiger partial charge in [0.25, 0.3) is 0 Å². The zero-order chi connectivity index (χ0) is 17.5. The lowest BCUT2D eigenvalue weighted by atomic mass is 10.1. The fourth-order valence-electron chi connectivity index (χ4n) is 1.57. The van der Waals surface area contributed by atoms with E-state index in [1.807, 2.05) is 0 Å². The molecule has 1 fully saturated rings. The second-order valence-electron chi connectivity index (χ2n) is 5.47. The first-order valence-electron chi connectivity index (χ1n) is 8.24. The molecule has 1 atom stereocenters. The second-order valence-corrected chi connectivity index (χ2v) is 5.47. The Kier molecular flexibility index (Phi) is 13.0. The molecular formula is C18H30O5. The van der Waals surface area contributed by atoms with E-state index in [-0.39, 0.29) is 18.0 Å². The van der Waals surface area contributed by atoms with E-state index in [2.05, 4.69) is 24.8 Å². The van der Waals surface area contributed by atoms with E-state index in [4.69, 9.17) is 9.47 Å². The average molecular weight is 326 g/mol. The van der Waals surface area contributed by atoms with Gasteiger partial charge in [-0.15, -0.1) is 0 Å². The summed E-state index contributed by atoms with van der Waals surface area (Å²) < 4.78 is 14.4. The molecule has 0 aromatic rings. The van der Waals surface area contributed by atoms with Crippen LogP contribution in [0.5, 0.6) is 0 Å². The summed E-state index contributed by atoms with van der Waals surface area (Å²) in [6.07, 6.45) is 8.54. The van der Waals surface area contributed by atoms with Gasteiger partial charge in [-0.05, 0) is 13.3 Å².